The zero-order valence-electron chi connectivity index (χ0n) is 28.9. The number of ether oxygens (including phenoxy) is 4. The first-order valence-corrected chi connectivity index (χ1v) is 16.2. The first-order valence-electron chi connectivity index (χ1n) is 16.2. The highest BCUT2D eigenvalue weighted by Gasteiger charge is 2.42. The highest BCUT2D eigenvalue weighted by molar-refractivity contribution is 6.03. The van der Waals surface area contributed by atoms with E-state index < -0.39 is 60.7 Å². The molecule has 2 aliphatic rings. The van der Waals surface area contributed by atoms with Crippen LogP contribution in [0.5, 0.6) is 5.75 Å². The molecule has 0 unspecified atom stereocenters. The third kappa shape index (κ3) is 9.56. The fraction of sp³-hybridized carbons (Fsp3) is 0.270. The Morgan fingerprint density at radius 2 is 1.60 bits per heavy atom. The van der Waals surface area contributed by atoms with E-state index in [0.717, 1.165) is 7.11 Å². The lowest BCUT2D eigenvalue weighted by molar-refractivity contribution is -0.160. The zero-order chi connectivity index (χ0) is 37.4. The summed E-state index contributed by atoms with van der Waals surface area (Å²) in [5.41, 5.74) is 7.79. The van der Waals surface area contributed by atoms with Gasteiger partial charge in [0, 0.05) is 36.2 Å². The van der Waals surface area contributed by atoms with Gasteiger partial charge in [-0.15, -0.1) is 12.4 Å². The van der Waals surface area contributed by atoms with Crippen molar-refractivity contribution in [1.82, 2.24) is 15.1 Å². The van der Waals surface area contributed by atoms with Crippen molar-refractivity contribution in [3.05, 3.63) is 107 Å². The molecular formula is C37H38ClN5O10. The van der Waals surface area contributed by atoms with E-state index in [1.165, 1.54) is 47.3 Å². The Hall–Kier alpha value is -6.22. The number of nitrogens with one attached hydrogen (secondary N) is 2. The van der Waals surface area contributed by atoms with Crippen molar-refractivity contribution in [2.75, 3.05) is 40.5 Å². The van der Waals surface area contributed by atoms with E-state index in [-0.39, 0.29) is 55.7 Å². The summed E-state index contributed by atoms with van der Waals surface area (Å²) >= 11 is 0. The van der Waals surface area contributed by atoms with Crippen molar-refractivity contribution in [3.8, 4) is 5.75 Å². The fourth-order valence-corrected chi connectivity index (χ4v) is 5.79. The minimum absolute atomic E-state index is 0. The molecule has 53 heavy (non-hydrogen) atoms. The molecule has 0 bridgehead atoms. The van der Waals surface area contributed by atoms with Gasteiger partial charge in [-0.1, -0.05) is 42.5 Å². The number of amides is 3. The Bertz CT molecular complexity index is 1920. The highest BCUT2D eigenvalue weighted by Crippen LogP contribution is 2.29. The van der Waals surface area contributed by atoms with Crippen LogP contribution in [0, 0.1) is 5.41 Å². The fourth-order valence-electron chi connectivity index (χ4n) is 5.79. The summed E-state index contributed by atoms with van der Waals surface area (Å²) in [5, 5.41) is 10.4. The van der Waals surface area contributed by atoms with Crippen LogP contribution in [0.1, 0.15) is 43.8 Å². The molecule has 0 spiro atoms. The standard InChI is InChI=1S/C37H37N5O10.ClH/c1-49-25-13-7-22(8-14-25)19-28(40-34(45)24-11-9-23(10-12-24)33(38)39)35(46)42-17-16-41(36(47)29(42)20-31(43)50-2)21-32(44)51-18-15-30-26-5-3-4-6-27(26)37(48)52-30;/h3-15,28-29H,16-21H2,1-2H3,(H3,38,39)(H,40,45);1H/t28-,29-;/m0./s1. The largest absolute Gasteiger partial charge is 0.497 e. The minimum atomic E-state index is -1.34. The molecule has 2 heterocycles. The molecule has 3 amide bonds. The van der Waals surface area contributed by atoms with Crippen LogP contribution in [0.15, 0.2) is 78.9 Å². The maximum absolute atomic E-state index is 14.3. The van der Waals surface area contributed by atoms with Crippen LogP contribution in [0.4, 0.5) is 0 Å². The number of fused-ring (bicyclic) bond motifs is 1. The molecule has 4 N–H and O–H groups in total. The number of hydrogen-bond donors (Lipinski definition) is 3. The molecule has 0 radical (unpaired) electrons. The van der Waals surface area contributed by atoms with Crippen molar-refractivity contribution in [2.24, 2.45) is 5.73 Å². The van der Waals surface area contributed by atoms with Gasteiger partial charge in [-0.3, -0.25) is 29.4 Å². The second-order valence-corrected chi connectivity index (χ2v) is 11.8. The van der Waals surface area contributed by atoms with E-state index in [2.05, 4.69) is 5.32 Å². The van der Waals surface area contributed by atoms with Gasteiger partial charge in [0.1, 0.15) is 42.6 Å². The van der Waals surface area contributed by atoms with Crippen LogP contribution < -0.4 is 15.8 Å². The normalized spacial score (nSPS) is 16.1. The molecule has 3 aromatic carbocycles. The number of methoxy groups -OCH3 is 2. The maximum atomic E-state index is 14.3. The number of carbonyl (C=O) groups is 6. The van der Waals surface area contributed by atoms with Gasteiger partial charge in [0.2, 0.25) is 11.8 Å². The second kappa shape index (κ2) is 17.8. The Balaban J connectivity index is 0.00000627. The van der Waals surface area contributed by atoms with E-state index in [9.17, 15) is 28.8 Å². The summed E-state index contributed by atoms with van der Waals surface area (Å²) in [7, 11) is 2.66. The lowest BCUT2D eigenvalue weighted by atomic mass is 10.0. The van der Waals surface area contributed by atoms with Gasteiger partial charge in [0.05, 0.1) is 26.2 Å². The third-order valence-corrected chi connectivity index (χ3v) is 8.56. The number of nitrogens with two attached hydrogens (primary N) is 1. The molecular weight excluding hydrogens is 710 g/mol. The molecule has 16 heteroatoms. The van der Waals surface area contributed by atoms with Gasteiger partial charge in [-0.25, -0.2) is 4.79 Å². The number of cyclic esters (lactones) is 1. The van der Waals surface area contributed by atoms with Crippen molar-refractivity contribution in [3.63, 3.8) is 0 Å². The summed E-state index contributed by atoms with van der Waals surface area (Å²) in [6.07, 6.45) is 0.968. The summed E-state index contributed by atoms with van der Waals surface area (Å²) in [5.74, 6) is -3.29. The Morgan fingerprint density at radius 1 is 0.943 bits per heavy atom. The SMILES string of the molecule is COC(=O)C[C@H]1C(=O)N(CC(=O)OCC=C2OC(=O)c3ccccc32)CCN1C(=O)[C@H](Cc1ccc(OC)cc1)NC(=O)c1ccc(C(=N)N)cc1.Cl. The molecule has 1 fully saturated rings. The number of amidine groups is 1. The predicted octanol–water partition coefficient (Wildman–Crippen LogP) is 2.10. The zero-order valence-corrected chi connectivity index (χ0v) is 29.7. The van der Waals surface area contributed by atoms with Crippen LogP contribution >= 0.6 is 12.4 Å². The molecule has 0 saturated carbocycles. The summed E-state index contributed by atoms with van der Waals surface area (Å²) in [4.78, 5) is 81.2. The van der Waals surface area contributed by atoms with Gasteiger partial charge in [0.15, 0.2) is 0 Å². The van der Waals surface area contributed by atoms with E-state index in [1.54, 1.807) is 48.5 Å². The number of rotatable bonds is 13. The van der Waals surface area contributed by atoms with Crippen molar-refractivity contribution >= 4 is 59.6 Å². The lowest BCUT2D eigenvalue weighted by Gasteiger charge is -2.41. The van der Waals surface area contributed by atoms with E-state index in [4.69, 9.17) is 30.1 Å². The average Bonchev–Trinajstić information content (AvgIpc) is 3.47. The summed E-state index contributed by atoms with van der Waals surface area (Å²) in [6, 6.07) is 17.1. The Kier molecular flexibility index (Phi) is 13.3. The number of benzene rings is 3. The molecule has 3 aromatic rings. The number of halogens is 1. The molecule has 2 aliphatic heterocycles. The Morgan fingerprint density at radius 3 is 2.25 bits per heavy atom. The molecule has 5 rings (SSSR count). The summed E-state index contributed by atoms with van der Waals surface area (Å²) < 4.78 is 20.6. The van der Waals surface area contributed by atoms with Crippen molar-refractivity contribution in [1.29, 1.82) is 5.41 Å². The first kappa shape index (κ1) is 39.6. The highest BCUT2D eigenvalue weighted by atomic mass is 35.5. The van der Waals surface area contributed by atoms with Crippen LogP contribution in [0.2, 0.25) is 0 Å². The number of esters is 3. The second-order valence-electron chi connectivity index (χ2n) is 11.8. The lowest BCUT2D eigenvalue weighted by Crippen LogP contribution is -2.63. The maximum Gasteiger partial charge on any atom is 0.344 e. The molecule has 278 valence electrons. The number of piperazine rings is 1. The van der Waals surface area contributed by atoms with Gasteiger partial charge < -0.3 is 39.8 Å². The molecule has 1 saturated heterocycles. The van der Waals surface area contributed by atoms with E-state index in [0.29, 0.717) is 28.0 Å². The van der Waals surface area contributed by atoms with Crippen LogP contribution in [0.25, 0.3) is 5.76 Å². The molecule has 0 aliphatic carbocycles. The van der Waals surface area contributed by atoms with Crippen LogP contribution in [-0.4, -0.2) is 104 Å². The average molecular weight is 748 g/mol. The smallest absolute Gasteiger partial charge is 0.344 e. The number of hydrogen-bond acceptors (Lipinski definition) is 11. The number of nitrogens with zero attached hydrogens (tertiary/aromatic N) is 2. The summed E-state index contributed by atoms with van der Waals surface area (Å²) in [6.45, 7) is -0.851. The quantitative estimate of drug-likeness (QED) is 0.0999. The van der Waals surface area contributed by atoms with Crippen molar-refractivity contribution < 1.29 is 47.7 Å². The first-order chi connectivity index (χ1) is 25.0. The predicted molar refractivity (Wildman–Crippen MR) is 192 cm³/mol. The monoisotopic (exact) mass is 747 g/mol. The molecule has 0 aromatic heterocycles. The Labute approximate surface area is 310 Å². The van der Waals surface area contributed by atoms with Crippen LogP contribution in [-0.2, 0) is 39.8 Å². The third-order valence-electron chi connectivity index (χ3n) is 8.56. The van der Waals surface area contributed by atoms with E-state index >= 15 is 0 Å². The number of carbonyl (C=O) groups excluding carboxylic acids is 6. The van der Waals surface area contributed by atoms with Gasteiger partial charge in [-0.05, 0) is 42.0 Å². The van der Waals surface area contributed by atoms with Crippen molar-refractivity contribution in [2.45, 2.75) is 24.9 Å². The molecule has 2 atom stereocenters. The number of nitrogen functional groups attached to an aromatic ring is 1. The van der Waals surface area contributed by atoms with Gasteiger partial charge in [-0.2, -0.15) is 0 Å². The van der Waals surface area contributed by atoms with Gasteiger partial charge >= 0.3 is 17.9 Å². The molecule has 15 nitrogen and oxygen atoms in total. The minimum Gasteiger partial charge on any atom is -0.497 e. The van der Waals surface area contributed by atoms with E-state index in [1.807, 2.05) is 0 Å². The van der Waals surface area contributed by atoms with Crippen LogP contribution in [0.3, 0.4) is 0 Å². The topological polar surface area (TPSA) is 208 Å². The van der Waals surface area contributed by atoms with Gasteiger partial charge in [0.25, 0.3) is 5.91 Å².